The monoisotopic (exact) mass is 722 g/mol. The predicted octanol–water partition coefficient (Wildman–Crippen LogP) is 5.27. The minimum absolute atomic E-state index is 0.127. The SMILES string of the molecule is [C-]#[N+]C(C)(C#N)c1c(F)c(F)c(C(=O)[O-])c(C2=C3C=CC(=[N+]4CC(F)(F)C4)C=C3P(=O)(c3ccccc3)c3cc(N4CC(F)(F)C4)ccc32)c1F. The van der Waals surface area contributed by atoms with E-state index in [1.165, 1.54) is 64.1 Å². The molecule has 2 atom stereocenters. The Bertz CT molecular complexity index is 2340. The number of rotatable bonds is 5. The highest BCUT2D eigenvalue weighted by molar-refractivity contribution is 7.83. The summed E-state index contributed by atoms with van der Waals surface area (Å²) in [5, 5.41) is 22.2. The molecule has 3 aliphatic heterocycles. The molecule has 4 aliphatic rings. The Morgan fingerprint density at radius 3 is 2.25 bits per heavy atom. The van der Waals surface area contributed by atoms with Crippen LogP contribution in [-0.4, -0.2) is 54.3 Å². The van der Waals surface area contributed by atoms with Gasteiger partial charge < -0.3 is 19.4 Å². The number of benzene rings is 3. The fourth-order valence-electron chi connectivity index (χ4n) is 6.88. The average Bonchev–Trinajstić information content (AvgIpc) is 3.08. The summed E-state index contributed by atoms with van der Waals surface area (Å²) in [7, 11) is -4.21. The molecule has 7 nitrogen and oxygen atoms in total. The largest absolute Gasteiger partial charge is 0.545 e. The van der Waals surface area contributed by atoms with Crippen LogP contribution in [0.15, 0.2) is 77.6 Å². The van der Waals surface area contributed by atoms with E-state index in [1.54, 1.807) is 18.2 Å². The van der Waals surface area contributed by atoms with Gasteiger partial charge in [-0.1, -0.05) is 36.4 Å². The van der Waals surface area contributed by atoms with Crippen molar-refractivity contribution in [1.82, 2.24) is 0 Å². The molecule has 3 aromatic rings. The highest BCUT2D eigenvalue weighted by atomic mass is 31.2. The Morgan fingerprint density at radius 1 is 1.02 bits per heavy atom. The van der Waals surface area contributed by atoms with Gasteiger partial charge in [0.2, 0.25) is 18.8 Å². The average molecular weight is 723 g/mol. The summed E-state index contributed by atoms with van der Waals surface area (Å²) in [6.45, 7) is 5.52. The second-order valence-corrected chi connectivity index (χ2v) is 15.5. The zero-order chi connectivity index (χ0) is 36.8. The van der Waals surface area contributed by atoms with Gasteiger partial charge in [0, 0.05) is 57.4 Å². The Kier molecular flexibility index (Phi) is 7.52. The van der Waals surface area contributed by atoms with Crippen LogP contribution in [0, 0.1) is 35.4 Å². The number of nitrogens with zero attached hydrogens (tertiary/aromatic N) is 4. The van der Waals surface area contributed by atoms with Gasteiger partial charge in [-0.3, -0.25) is 4.85 Å². The number of halogens is 7. The number of carboxylic acid groups (broad SMARTS) is 1. The van der Waals surface area contributed by atoms with E-state index < -0.39 is 96.4 Å². The molecule has 0 spiro atoms. The van der Waals surface area contributed by atoms with E-state index in [2.05, 4.69) is 4.85 Å². The van der Waals surface area contributed by atoms with Crippen molar-refractivity contribution in [1.29, 1.82) is 5.26 Å². The van der Waals surface area contributed by atoms with Crippen LogP contribution in [0.2, 0.25) is 0 Å². The summed E-state index contributed by atoms with van der Waals surface area (Å²) in [6, 6.07) is 13.1. The first-order valence-corrected chi connectivity index (χ1v) is 17.0. The number of nitriles is 1. The van der Waals surface area contributed by atoms with Crippen molar-refractivity contribution in [3.05, 3.63) is 129 Å². The summed E-state index contributed by atoms with van der Waals surface area (Å²) in [6.07, 6.45) is 3.90. The number of carbonyl (C=O) groups excluding carboxylic acids is 1. The predicted molar refractivity (Wildman–Crippen MR) is 170 cm³/mol. The van der Waals surface area contributed by atoms with Gasteiger partial charge in [0.05, 0.1) is 19.1 Å². The molecule has 0 aromatic heterocycles. The molecular weight excluding hydrogens is 700 g/mol. The van der Waals surface area contributed by atoms with Crippen molar-refractivity contribution < 1.29 is 49.8 Å². The van der Waals surface area contributed by atoms with Gasteiger partial charge in [-0.05, 0) is 29.3 Å². The van der Waals surface area contributed by atoms with Crippen LogP contribution < -0.4 is 20.6 Å². The molecule has 2 saturated heterocycles. The van der Waals surface area contributed by atoms with Gasteiger partial charge in [0.15, 0.2) is 24.8 Å². The highest BCUT2D eigenvalue weighted by Gasteiger charge is 2.53. The zero-order valence-corrected chi connectivity index (χ0v) is 27.2. The number of carbonyl (C=O) groups is 1. The van der Waals surface area contributed by atoms with E-state index in [9.17, 15) is 32.7 Å². The van der Waals surface area contributed by atoms with E-state index in [0.717, 1.165) is 6.92 Å². The van der Waals surface area contributed by atoms with Gasteiger partial charge in [-0.2, -0.15) is 14.0 Å². The number of aromatic carboxylic acids is 1. The number of fused-ring (bicyclic) bond motifs is 2. The van der Waals surface area contributed by atoms with Crippen LogP contribution in [0.5, 0.6) is 0 Å². The summed E-state index contributed by atoms with van der Waals surface area (Å²) in [5.41, 5.74) is -7.24. The quantitative estimate of drug-likeness (QED) is 0.118. The molecule has 15 heteroatoms. The molecule has 0 amide bonds. The number of hydrogen-bond donors (Lipinski definition) is 0. The maximum absolute atomic E-state index is 16.9. The minimum atomic E-state index is -4.21. The normalized spacial score (nSPS) is 22.4. The van der Waals surface area contributed by atoms with Crippen molar-refractivity contribution >= 4 is 40.7 Å². The first-order chi connectivity index (χ1) is 24.0. The van der Waals surface area contributed by atoms with E-state index >= 15 is 17.7 Å². The van der Waals surface area contributed by atoms with E-state index in [-0.39, 0.29) is 38.5 Å². The molecule has 0 saturated carbocycles. The number of hydrogen-bond acceptors (Lipinski definition) is 5. The van der Waals surface area contributed by atoms with E-state index in [1.807, 2.05) is 0 Å². The summed E-state index contributed by atoms with van der Waals surface area (Å²) in [4.78, 5) is 16.8. The summed E-state index contributed by atoms with van der Waals surface area (Å²) < 4.78 is 121. The molecule has 3 heterocycles. The van der Waals surface area contributed by atoms with Gasteiger partial charge in [0.25, 0.3) is 5.92 Å². The van der Waals surface area contributed by atoms with Crippen LogP contribution in [0.3, 0.4) is 0 Å². The molecule has 258 valence electrons. The molecule has 0 radical (unpaired) electrons. The Balaban J connectivity index is 1.64. The van der Waals surface area contributed by atoms with Crippen molar-refractivity contribution in [2.24, 2.45) is 0 Å². The topological polar surface area (TPSA) is 91.6 Å². The van der Waals surface area contributed by atoms with Crippen LogP contribution in [0.4, 0.5) is 36.4 Å². The molecule has 2 unspecified atom stereocenters. The second kappa shape index (κ2) is 11.3. The first-order valence-electron chi connectivity index (χ1n) is 15.3. The summed E-state index contributed by atoms with van der Waals surface area (Å²) in [5.74, 6) is -14.4. The Hall–Kier alpha value is -5.46. The lowest BCUT2D eigenvalue weighted by atomic mass is 9.82. The van der Waals surface area contributed by atoms with E-state index in [0.29, 0.717) is 0 Å². The van der Waals surface area contributed by atoms with Crippen molar-refractivity contribution in [2.75, 3.05) is 31.1 Å². The molecule has 1 aliphatic carbocycles. The fraction of sp³-hybridized carbons (Fsp3) is 0.222. The number of carboxylic acids is 1. The summed E-state index contributed by atoms with van der Waals surface area (Å²) >= 11 is 0. The molecule has 2 fully saturated rings. The number of anilines is 1. The van der Waals surface area contributed by atoms with Gasteiger partial charge in [-0.15, -0.1) is 0 Å². The van der Waals surface area contributed by atoms with Crippen molar-refractivity contribution in [2.45, 2.75) is 24.3 Å². The highest BCUT2D eigenvalue weighted by Crippen LogP contribution is 2.62. The lowest BCUT2D eigenvalue weighted by Crippen LogP contribution is -2.56. The molecule has 0 N–H and O–H groups in total. The Morgan fingerprint density at radius 2 is 1.69 bits per heavy atom. The van der Waals surface area contributed by atoms with Crippen LogP contribution in [-0.2, 0) is 10.1 Å². The standard InChI is InChI=1S/C36H22F7N4O3P/c1-34(14-44,45-2)29-30(37)27(28(33(48)49)31(38)32(29)39)26-22-10-8-19(46-15-35(40,41)16-46)12-24(22)51(50,21-6-4-3-5-7-21)25-13-20(9-11-23(25)26)47-17-36(42,43)18-47/h3-13H,15-18H2,1H3. The second-order valence-electron chi connectivity index (χ2n) is 12.8. The van der Waals surface area contributed by atoms with Gasteiger partial charge in [0.1, 0.15) is 11.4 Å². The van der Waals surface area contributed by atoms with Crippen molar-refractivity contribution in [3.8, 4) is 6.07 Å². The Labute approximate surface area is 285 Å². The maximum Gasteiger partial charge on any atom is 0.361 e. The van der Waals surface area contributed by atoms with Crippen LogP contribution in [0.25, 0.3) is 10.4 Å². The third kappa shape index (κ3) is 5.03. The molecule has 7 rings (SSSR count). The third-order valence-electron chi connectivity index (χ3n) is 9.42. The zero-order valence-electron chi connectivity index (χ0n) is 26.3. The molecule has 51 heavy (non-hydrogen) atoms. The molecular formula is C36H22F7N4O3P. The molecule has 3 aromatic carbocycles. The minimum Gasteiger partial charge on any atom is -0.545 e. The van der Waals surface area contributed by atoms with Crippen LogP contribution in [0.1, 0.15) is 34.0 Å². The van der Waals surface area contributed by atoms with Gasteiger partial charge in [-0.25, -0.2) is 33.1 Å². The van der Waals surface area contributed by atoms with E-state index in [4.69, 9.17) is 6.57 Å². The number of allylic oxidation sites excluding steroid dienone is 5. The lowest BCUT2D eigenvalue weighted by Gasteiger charge is -2.41. The van der Waals surface area contributed by atoms with Crippen LogP contribution >= 0.6 is 7.14 Å². The maximum atomic E-state index is 16.9. The smallest absolute Gasteiger partial charge is 0.361 e. The third-order valence-corrected chi connectivity index (χ3v) is 12.5. The number of alkyl halides is 4. The van der Waals surface area contributed by atoms with Crippen molar-refractivity contribution in [3.63, 3.8) is 0 Å². The van der Waals surface area contributed by atoms with Gasteiger partial charge >= 0.3 is 11.5 Å². The lowest BCUT2D eigenvalue weighted by molar-refractivity contribution is -0.638. The fourth-order valence-corrected chi connectivity index (χ4v) is 9.97. The first kappa shape index (κ1) is 34.0. The molecule has 0 bridgehead atoms.